The summed E-state index contributed by atoms with van der Waals surface area (Å²) >= 11 is 6.07. The second kappa shape index (κ2) is 9.35. The number of nitrogens with one attached hydrogen (secondary N) is 2. The van der Waals surface area contributed by atoms with Crippen LogP contribution >= 0.6 is 11.6 Å². The number of nitriles is 1. The number of hydrazine groups is 1. The fraction of sp³-hybridized carbons (Fsp3) is 0.192. The van der Waals surface area contributed by atoms with Crippen molar-refractivity contribution in [3.63, 3.8) is 0 Å². The Bertz CT molecular complexity index is 1260. The molecule has 0 spiro atoms. The van der Waals surface area contributed by atoms with Gasteiger partial charge >= 0.3 is 0 Å². The maximum atomic E-state index is 13.9. The summed E-state index contributed by atoms with van der Waals surface area (Å²) in [5.74, 6) is -0.0512. The fourth-order valence-corrected chi connectivity index (χ4v) is 4.72. The van der Waals surface area contributed by atoms with E-state index in [4.69, 9.17) is 26.8 Å². The smallest absolute Gasteiger partial charge is 0.200 e. The Morgan fingerprint density at radius 3 is 2.41 bits per heavy atom. The van der Waals surface area contributed by atoms with Crippen LogP contribution in [0.3, 0.4) is 0 Å². The third-order valence-corrected chi connectivity index (χ3v) is 6.52. The van der Waals surface area contributed by atoms with Gasteiger partial charge in [-0.25, -0.2) is 15.2 Å². The number of ether oxygens (including phenoxy) is 2. The molecule has 2 aliphatic heterocycles. The average molecular weight is 477 g/mol. The van der Waals surface area contributed by atoms with Gasteiger partial charge in [0.1, 0.15) is 24.2 Å². The summed E-state index contributed by atoms with van der Waals surface area (Å²) in [6, 6.07) is 23.6. The van der Waals surface area contributed by atoms with Crippen molar-refractivity contribution in [3.8, 4) is 11.8 Å². The van der Waals surface area contributed by atoms with Gasteiger partial charge in [-0.3, -0.25) is 0 Å². The quantitative estimate of drug-likeness (QED) is 0.496. The van der Waals surface area contributed by atoms with E-state index in [0.29, 0.717) is 21.9 Å². The van der Waals surface area contributed by atoms with E-state index in [1.165, 1.54) is 6.07 Å². The average Bonchev–Trinajstić information content (AvgIpc) is 3.27. The predicted molar refractivity (Wildman–Crippen MR) is 126 cm³/mol. The minimum atomic E-state index is -0.417. The van der Waals surface area contributed by atoms with Gasteiger partial charge in [-0.1, -0.05) is 54.1 Å². The Morgan fingerprint density at radius 1 is 1.00 bits per heavy atom. The molecule has 0 radical (unpaired) electrons. The SMILES string of the molecule is N#CC1=C(N)OC2NNC(c3ccc(Cl)cc3)C2C1c1ccc(OCc2ccccc2F)cc1. The number of rotatable bonds is 5. The zero-order chi connectivity index (χ0) is 23.7. The van der Waals surface area contributed by atoms with Crippen molar-refractivity contribution in [1.29, 1.82) is 5.26 Å². The lowest BCUT2D eigenvalue weighted by Crippen LogP contribution is -2.40. The molecule has 8 heteroatoms. The first-order valence-corrected chi connectivity index (χ1v) is 11.2. The molecule has 1 fully saturated rings. The summed E-state index contributed by atoms with van der Waals surface area (Å²) in [5, 5.41) is 10.6. The molecule has 5 rings (SSSR count). The number of hydrogen-bond donors (Lipinski definition) is 3. The van der Waals surface area contributed by atoms with Crippen LogP contribution in [0.15, 0.2) is 84.3 Å². The Labute approximate surface area is 201 Å². The summed E-state index contributed by atoms with van der Waals surface area (Å²) in [5.41, 5.74) is 15.3. The summed E-state index contributed by atoms with van der Waals surface area (Å²) in [7, 11) is 0. The molecular weight excluding hydrogens is 455 g/mol. The van der Waals surface area contributed by atoms with E-state index >= 15 is 0 Å². The lowest BCUT2D eigenvalue weighted by atomic mass is 9.74. The number of nitrogens with zero attached hydrogens (tertiary/aromatic N) is 1. The lowest BCUT2D eigenvalue weighted by molar-refractivity contribution is 0.0340. The van der Waals surface area contributed by atoms with Crippen molar-refractivity contribution in [2.75, 3.05) is 0 Å². The molecule has 0 bridgehead atoms. The Morgan fingerprint density at radius 2 is 1.71 bits per heavy atom. The van der Waals surface area contributed by atoms with E-state index in [0.717, 1.165) is 11.1 Å². The van der Waals surface area contributed by atoms with E-state index in [9.17, 15) is 9.65 Å². The van der Waals surface area contributed by atoms with Crippen LogP contribution < -0.4 is 21.3 Å². The van der Waals surface area contributed by atoms with Crippen LogP contribution in [0.1, 0.15) is 28.7 Å². The van der Waals surface area contributed by atoms with Gasteiger partial charge in [0, 0.05) is 22.4 Å². The highest BCUT2D eigenvalue weighted by molar-refractivity contribution is 6.30. The highest BCUT2D eigenvalue weighted by atomic mass is 35.5. The highest BCUT2D eigenvalue weighted by Gasteiger charge is 2.49. The molecule has 34 heavy (non-hydrogen) atoms. The molecule has 2 heterocycles. The molecule has 172 valence electrons. The van der Waals surface area contributed by atoms with Crippen molar-refractivity contribution in [3.05, 3.63) is 112 Å². The van der Waals surface area contributed by atoms with Crippen molar-refractivity contribution >= 4 is 11.6 Å². The molecular formula is C26H22ClFN4O2. The van der Waals surface area contributed by atoms with E-state index in [1.54, 1.807) is 18.2 Å². The molecule has 6 nitrogen and oxygen atoms in total. The predicted octanol–water partition coefficient (Wildman–Crippen LogP) is 4.66. The van der Waals surface area contributed by atoms with Gasteiger partial charge in [-0.2, -0.15) is 5.26 Å². The van der Waals surface area contributed by atoms with E-state index in [1.807, 2.05) is 48.5 Å². The minimum absolute atomic E-state index is 0.111. The van der Waals surface area contributed by atoms with Crippen molar-refractivity contribution < 1.29 is 13.9 Å². The molecule has 1 saturated heterocycles. The first-order chi connectivity index (χ1) is 16.5. The monoisotopic (exact) mass is 476 g/mol. The second-order valence-electron chi connectivity index (χ2n) is 8.25. The summed E-state index contributed by atoms with van der Waals surface area (Å²) < 4.78 is 25.5. The van der Waals surface area contributed by atoms with Gasteiger partial charge < -0.3 is 15.2 Å². The van der Waals surface area contributed by atoms with E-state index in [2.05, 4.69) is 16.9 Å². The second-order valence-corrected chi connectivity index (χ2v) is 8.69. The van der Waals surface area contributed by atoms with Crippen LogP contribution in [0.2, 0.25) is 5.02 Å². The molecule has 2 aliphatic rings. The number of benzene rings is 3. The van der Waals surface area contributed by atoms with Crippen molar-refractivity contribution in [2.24, 2.45) is 11.7 Å². The van der Waals surface area contributed by atoms with Crippen LogP contribution in [0.25, 0.3) is 0 Å². The van der Waals surface area contributed by atoms with Crippen LogP contribution in [-0.2, 0) is 11.3 Å². The molecule has 4 atom stereocenters. The number of nitrogens with two attached hydrogens (primary N) is 1. The van der Waals surface area contributed by atoms with Crippen LogP contribution in [-0.4, -0.2) is 6.23 Å². The van der Waals surface area contributed by atoms with Gasteiger partial charge in [0.2, 0.25) is 5.88 Å². The normalized spacial score (nSPS) is 23.7. The van der Waals surface area contributed by atoms with Crippen LogP contribution in [0, 0.1) is 23.1 Å². The van der Waals surface area contributed by atoms with Crippen LogP contribution in [0.4, 0.5) is 4.39 Å². The first-order valence-electron chi connectivity index (χ1n) is 10.8. The molecule has 3 aromatic carbocycles. The number of halogens is 2. The topological polar surface area (TPSA) is 92.3 Å². The Hall–Kier alpha value is -3.57. The zero-order valence-corrected chi connectivity index (χ0v) is 18.8. The maximum absolute atomic E-state index is 13.9. The number of hydrogen-bond acceptors (Lipinski definition) is 6. The van der Waals surface area contributed by atoms with E-state index in [-0.39, 0.29) is 36.2 Å². The molecule has 3 aromatic rings. The van der Waals surface area contributed by atoms with Gasteiger partial charge in [0.15, 0.2) is 6.23 Å². The van der Waals surface area contributed by atoms with Gasteiger partial charge in [0.05, 0.1) is 11.6 Å². The summed E-state index contributed by atoms with van der Waals surface area (Å²) in [4.78, 5) is 0. The number of allylic oxidation sites excluding steroid dienone is 1. The number of fused-ring (bicyclic) bond motifs is 1. The molecule has 4 unspecified atom stereocenters. The molecule has 0 amide bonds. The van der Waals surface area contributed by atoms with Gasteiger partial charge in [0.25, 0.3) is 0 Å². The molecule has 0 saturated carbocycles. The fourth-order valence-electron chi connectivity index (χ4n) is 4.60. The third-order valence-electron chi connectivity index (χ3n) is 6.27. The molecule has 0 aromatic heterocycles. The summed E-state index contributed by atoms with van der Waals surface area (Å²) in [6.07, 6.45) is -0.417. The largest absolute Gasteiger partial charge is 0.489 e. The van der Waals surface area contributed by atoms with E-state index < -0.39 is 6.23 Å². The highest BCUT2D eigenvalue weighted by Crippen LogP contribution is 2.47. The Balaban J connectivity index is 1.43. The first kappa shape index (κ1) is 22.2. The molecule has 0 aliphatic carbocycles. The maximum Gasteiger partial charge on any atom is 0.200 e. The standard InChI is InChI=1S/C26H22ClFN4O2/c27-18-9-5-16(6-10-18)24-23-22(20(13-29)25(30)34-26(23)32-31-24)15-7-11-19(12-8-15)33-14-17-3-1-2-4-21(17)28/h1-12,22-24,26,31-32H,14,30H2. The van der Waals surface area contributed by atoms with Crippen molar-refractivity contribution in [1.82, 2.24) is 10.9 Å². The van der Waals surface area contributed by atoms with Crippen molar-refractivity contribution in [2.45, 2.75) is 24.8 Å². The van der Waals surface area contributed by atoms with Gasteiger partial charge in [-0.05, 0) is 41.5 Å². The van der Waals surface area contributed by atoms with Crippen LogP contribution in [0.5, 0.6) is 5.75 Å². The third kappa shape index (κ3) is 4.19. The van der Waals surface area contributed by atoms with Gasteiger partial charge in [-0.15, -0.1) is 0 Å². The minimum Gasteiger partial charge on any atom is -0.489 e. The Kier molecular flexibility index (Phi) is 6.12. The molecule has 4 N–H and O–H groups in total. The summed E-state index contributed by atoms with van der Waals surface area (Å²) in [6.45, 7) is 0.122. The zero-order valence-electron chi connectivity index (χ0n) is 18.0. The lowest BCUT2D eigenvalue weighted by Gasteiger charge is -2.36.